The number of nitrogens with zero attached hydrogens (tertiary/aromatic N) is 2. The quantitative estimate of drug-likeness (QED) is 0.221. The lowest BCUT2D eigenvalue weighted by Crippen LogP contribution is -2.34. The van der Waals surface area contributed by atoms with Crippen molar-refractivity contribution < 1.29 is 14.3 Å². The third kappa shape index (κ3) is 4.70. The summed E-state index contributed by atoms with van der Waals surface area (Å²) in [7, 11) is 0. The van der Waals surface area contributed by atoms with Crippen LogP contribution in [-0.4, -0.2) is 12.1 Å². The van der Waals surface area contributed by atoms with Crippen LogP contribution in [0.15, 0.2) is 135 Å². The Hall–Kier alpha value is -4.37. The Morgan fingerprint density at radius 2 is 1.05 bits per heavy atom. The maximum Gasteiger partial charge on any atom is 0.424 e. The maximum atomic E-state index is 13.9. The highest BCUT2D eigenvalue weighted by Gasteiger charge is 2.31. The molecule has 0 bridgehead atoms. The molecule has 0 spiro atoms. The van der Waals surface area contributed by atoms with Crippen LogP contribution in [0.5, 0.6) is 5.75 Å². The van der Waals surface area contributed by atoms with Crippen LogP contribution in [0.3, 0.4) is 0 Å². The number of halogens is 1. The summed E-state index contributed by atoms with van der Waals surface area (Å²) < 4.78 is 5.96. The van der Waals surface area contributed by atoms with Gasteiger partial charge in [-0.15, -0.1) is 0 Å². The smallest absolute Gasteiger partial charge is 0.407 e. The van der Waals surface area contributed by atoms with E-state index in [-0.39, 0.29) is 5.75 Å². The lowest BCUT2D eigenvalue weighted by atomic mass is 10.2. The van der Waals surface area contributed by atoms with E-state index < -0.39 is 12.1 Å². The molecule has 9 heteroatoms. The number of para-hydroxylation sites is 4. The fourth-order valence-electron chi connectivity index (χ4n) is 4.82. The van der Waals surface area contributed by atoms with E-state index in [1.165, 1.54) is 6.07 Å². The number of hydrogen-bond acceptors (Lipinski definition) is 5. The van der Waals surface area contributed by atoms with Gasteiger partial charge in [-0.25, -0.2) is 14.5 Å². The molecular formula is C32H20ClN3O3S2. The first-order valence-corrected chi connectivity index (χ1v) is 14.7. The predicted octanol–water partition coefficient (Wildman–Crippen LogP) is 9.98. The van der Waals surface area contributed by atoms with Crippen molar-refractivity contribution in [3.8, 4) is 5.75 Å². The van der Waals surface area contributed by atoms with Gasteiger partial charge < -0.3 is 10.1 Å². The lowest BCUT2D eigenvalue weighted by molar-refractivity contribution is 0.210. The number of amides is 3. The Labute approximate surface area is 249 Å². The van der Waals surface area contributed by atoms with Gasteiger partial charge in [-0.2, -0.15) is 0 Å². The van der Waals surface area contributed by atoms with Crippen LogP contribution in [0, 0.1) is 0 Å². The summed E-state index contributed by atoms with van der Waals surface area (Å²) >= 11 is 9.54. The molecule has 5 aromatic carbocycles. The molecule has 0 saturated carbocycles. The molecule has 0 atom stereocenters. The van der Waals surface area contributed by atoms with E-state index in [1.807, 2.05) is 97.1 Å². The Balaban J connectivity index is 1.22. The summed E-state index contributed by atoms with van der Waals surface area (Å²) in [5.74, 6) is 0.136. The minimum absolute atomic E-state index is 0.136. The van der Waals surface area contributed by atoms with E-state index in [0.29, 0.717) is 22.1 Å². The SMILES string of the molecule is O=C(Nc1ccc(Cl)cc1OC(=O)N1c2ccccc2Sc2ccccc21)N1c2ccccc2Sc2ccccc21. The van der Waals surface area contributed by atoms with Crippen molar-refractivity contribution in [1.82, 2.24) is 0 Å². The molecule has 200 valence electrons. The number of rotatable bonds is 2. The van der Waals surface area contributed by atoms with E-state index in [1.54, 1.807) is 45.5 Å². The summed E-state index contributed by atoms with van der Waals surface area (Å²) in [5.41, 5.74) is 3.27. The van der Waals surface area contributed by atoms with Gasteiger partial charge in [0.1, 0.15) is 0 Å². The van der Waals surface area contributed by atoms with Crippen LogP contribution in [0.4, 0.5) is 38.0 Å². The van der Waals surface area contributed by atoms with Crippen LogP contribution < -0.4 is 19.9 Å². The second kappa shape index (κ2) is 10.6. The monoisotopic (exact) mass is 593 g/mol. The first kappa shape index (κ1) is 25.6. The highest BCUT2D eigenvalue weighted by Crippen LogP contribution is 2.49. The Morgan fingerprint density at radius 1 is 0.610 bits per heavy atom. The Morgan fingerprint density at radius 3 is 1.54 bits per heavy atom. The van der Waals surface area contributed by atoms with E-state index in [2.05, 4.69) is 5.32 Å². The third-order valence-corrected chi connectivity index (χ3v) is 9.13. The van der Waals surface area contributed by atoms with Crippen molar-refractivity contribution in [2.45, 2.75) is 19.6 Å². The summed E-state index contributed by atoms with van der Waals surface area (Å²) in [6.45, 7) is 0. The molecule has 5 aromatic rings. The molecule has 1 N–H and O–H groups in total. The summed E-state index contributed by atoms with van der Waals surface area (Å²) in [6.07, 6.45) is -0.618. The topological polar surface area (TPSA) is 61.9 Å². The average Bonchev–Trinajstić information content (AvgIpc) is 2.99. The Bertz CT molecular complexity index is 1760. The molecule has 6 nitrogen and oxygen atoms in total. The van der Waals surface area contributed by atoms with Crippen molar-refractivity contribution >= 4 is 75.7 Å². The van der Waals surface area contributed by atoms with Gasteiger partial charge in [-0.1, -0.05) is 83.7 Å². The summed E-state index contributed by atoms with van der Waals surface area (Å²) in [4.78, 5) is 34.6. The number of benzene rings is 5. The fourth-order valence-corrected chi connectivity index (χ4v) is 7.10. The average molecular weight is 594 g/mol. The highest BCUT2D eigenvalue weighted by atomic mass is 35.5. The maximum absolute atomic E-state index is 13.9. The minimum Gasteiger partial charge on any atom is -0.407 e. The van der Waals surface area contributed by atoms with Crippen molar-refractivity contribution in [3.63, 3.8) is 0 Å². The summed E-state index contributed by atoms with van der Waals surface area (Å²) in [5, 5.41) is 3.32. The zero-order valence-electron chi connectivity index (χ0n) is 21.3. The molecule has 0 aliphatic carbocycles. The lowest BCUT2D eigenvalue weighted by Gasteiger charge is -2.31. The van der Waals surface area contributed by atoms with Gasteiger partial charge >= 0.3 is 12.1 Å². The molecule has 0 saturated heterocycles. The Kier molecular flexibility index (Phi) is 6.59. The molecule has 0 aromatic heterocycles. The number of urea groups is 1. The second-order valence-electron chi connectivity index (χ2n) is 9.18. The van der Waals surface area contributed by atoms with E-state index in [9.17, 15) is 9.59 Å². The van der Waals surface area contributed by atoms with Crippen LogP contribution in [0.2, 0.25) is 5.02 Å². The van der Waals surface area contributed by atoms with Gasteiger partial charge in [0, 0.05) is 30.7 Å². The van der Waals surface area contributed by atoms with Crippen molar-refractivity contribution in [1.29, 1.82) is 0 Å². The summed E-state index contributed by atoms with van der Waals surface area (Å²) in [6, 6.07) is 35.2. The van der Waals surface area contributed by atoms with Crippen LogP contribution in [0.25, 0.3) is 0 Å². The van der Waals surface area contributed by atoms with E-state index >= 15 is 0 Å². The van der Waals surface area contributed by atoms with Crippen LogP contribution >= 0.6 is 35.1 Å². The van der Waals surface area contributed by atoms with Crippen molar-refractivity contribution in [2.24, 2.45) is 0 Å². The van der Waals surface area contributed by atoms with Crippen molar-refractivity contribution in [3.05, 3.63) is 120 Å². The molecule has 0 radical (unpaired) electrons. The zero-order valence-corrected chi connectivity index (χ0v) is 23.7. The molecule has 2 aliphatic rings. The number of fused-ring (bicyclic) bond motifs is 4. The normalized spacial score (nSPS) is 12.9. The van der Waals surface area contributed by atoms with Gasteiger partial charge in [0.2, 0.25) is 0 Å². The zero-order chi connectivity index (χ0) is 27.9. The van der Waals surface area contributed by atoms with Gasteiger partial charge in [0.05, 0.1) is 28.4 Å². The first-order valence-electron chi connectivity index (χ1n) is 12.7. The third-order valence-electron chi connectivity index (χ3n) is 6.63. The molecule has 7 rings (SSSR count). The number of hydrogen-bond donors (Lipinski definition) is 1. The molecular weight excluding hydrogens is 574 g/mol. The van der Waals surface area contributed by atoms with Gasteiger partial charge in [0.25, 0.3) is 0 Å². The van der Waals surface area contributed by atoms with Gasteiger partial charge in [0.15, 0.2) is 5.75 Å². The van der Waals surface area contributed by atoms with Gasteiger partial charge in [-0.3, -0.25) is 4.90 Å². The molecule has 2 aliphatic heterocycles. The van der Waals surface area contributed by atoms with Crippen molar-refractivity contribution in [2.75, 3.05) is 15.1 Å². The van der Waals surface area contributed by atoms with Crippen LogP contribution in [0.1, 0.15) is 0 Å². The van der Waals surface area contributed by atoms with E-state index in [0.717, 1.165) is 31.0 Å². The number of anilines is 5. The fraction of sp³-hybridized carbons (Fsp3) is 0. The van der Waals surface area contributed by atoms with E-state index in [4.69, 9.17) is 16.3 Å². The number of ether oxygens (including phenoxy) is 1. The molecule has 0 unspecified atom stereocenters. The minimum atomic E-state index is -0.618. The number of carbonyl (C=O) groups excluding carboxylic acids is 2. The standard InChI is InChI=1S/C32H20ClN3O3S2/c33-20-17-18-21(34-31(37)35-22-9-1-5-13-27(22)40-28-14-6-2-10-23(28)35)26(19-20)39-32(38)36-24-11-3-7-15-29(24)41-30-16-8-4-12-25(30)36/h1-19H,(H,34,37). The molecule has 3 amide bonds. The predicted molar refractivity (Wildman–Crippen MR) is 165 cm³/mol. The molecule has 41 heavy (non-hydrogen) atoms. The number of carbonyl (C=O) groups is 2. The molecule has 2 heterocycles. The second-order valence-corrected chi connectivity index (χ2v) is 11.8. The largest absolute Gasteiger partial charge is 0.424 e. The van der Waals surface area contributed by atoms with Gasteiger partial charge in [-0.05, 0) is 60.7 Å². The first-order chi connectivity index (χ1) is 20.1. The number of nitrogens with one attached hydrogen (secondary N) is 1. The van der Waals surface area contributed by atoms with Crippen LogP contribution in [-0.2, 0) is 0 Å². The molecule has 0 fully saturated rings. The highest BCUT2D eigenvalue weighted by molar-refractivity contribution is 8.00.